The molecule has 9 nitrogen and oxygen atoms in total. The van der Waals surface area contributed by atoms with Crippen molar-refractivity contribution in [1.29, 1.82) is 0 Å². The zero-order chi connectivity index (χ0) is 36.3. The quantitative estimate of drug-likeness (QED) is 0.174. The van der Waals surface area contributed by atoms with Crippen molar-refractivity contribution < 1.29 is 19.2 Å². The van der Waals surface area contributed by atoms with Gasteiger partial charge in [0.2, 0.25) is 23.6 Å². The Labute approximate surface area is 292 Å². The number of hydrogen-bond acceptors (Lipinski definition) is 5. The third kappa shape index (κ3) is 11.9. The average Bonchev–Trinajstić information content (AvgIpc) is 3.50. The molecule has 0 aliphatic carbocycles. The van der Waals surface area contributed by atoms with Crippen LogP contribution in [0.5, 0.6) is 0 Å². The summed E-state index contributed by atoms with van der Waals surface area (Å²) < 4.78 is 0. The van der Waals surface area contributed by atoms with Crippen molar-refractivity contribution in [3.8, 4) is 0 Å². The maximum Gasteiger partial charge on any atom is 0.249 e. The molecule has 2 heterocycles. The Morgan fingerprint density at radius 3 is 2.10 bits per heavy atom. The second kappa shape index (κ2) is 18.7. The number of piperidine rings is 1. The van der Waals surface area contributed by atoms with Crippen LogP contribution in [0.1, 0.15) is 121 Å². The predicted octanol–water partition coefficient (Wildman–Crippen LogP) is 6.01. The van der Waals surface area contributed by atoms with Crippen LogP contribution in [-0.2, 0) is 19.2 Å². The van der Waals surface area contributed by atoms with E-state index in [1.807, 2.05) is 46.8 Å². The Kier molecular flexibility index (Phi) is 16.1. The monoisotopic (exact) mass is 670 g/mol. The lowest BCUT2D eigenvalue weighted by atomic mass is 9.84. The first-order valence-corrected chi connectivity index (χ1v) is 18.3. The summed E-state index contributed by atoms with van der Waals surface area (Å²) in [5, 5.41) is 6.15. The molecule has 0 aromatic heterocycles. The van der Waals surface area contributed by atoms with Gasteiger partial charge in [0.15, 0.2) is 0 Å². The molecule has 2 fully saturated rings. The number of carbonyl (C=O) groups is 4. The van der Waals surface area contributed by atoms with Gasteiger partial charge in [-0.2, -0.15) is 0 Å². The van der Waals surface area contributed by atoms with Gasteiger partial charge in [-0.1, -0.05) is 70.4 Å². The largest absolute Gasteiger partial charge is 0.351 e. The summed E-state index contributed by atoms with van der Waals surface area (Å²) in [5.74, 6) is -0.578. The summed E-state index contributed by atoms with van der Waals surface area (Å²) in [4.78, 5) is 60.3. The molecule has 0 radical (unpaired) electrons. The number of amides is 4. The first-order chi connectivity index (χ1) is 22.4. The number of nitrogens with one attached hydrogen (secondary N) is 2. The van der Waals surface area contributed by atoms with Crippen LogP contribution in [0.2, 0.25) is 0 Å². The Morgan fingerprint density at radius 1 is 0.875 bits per heavy atom. The number of carbonyl (C=O) groups excluding carboxylic acids is 4. The molecule has 2 aliphatic heterocycles. The van der Waals surface area contributed by atoms with Crippen molar-refractivity contribution >= 4 is 23.6 Å². The fourth-order valence-electron chi connectivity index (χ4n) is 6.81. The lowest BCUT2D eigenvalue weighted by molar-refractivity contribution is -0.142. The minimum absolute atomic E-state index is 0.0113. The highest BCUT2D eigenvalue weighted by Gasteiger charge is 2.40. The van der Waals surface area contributed by atoms with E-state index < -0.39 is 17.5 Å². The number of likely N-dealkylation sites (tertiary alicyclic amines) is 2. The first-order valence-electron chi connectivity index (χ1n) is 18.3. The second-order valence-corrected chi connectivity index (χ2v) is 16.0. The van der Waals surface area contributed by atoms with Gasteiger partial charge >= 0.3 is 0 Å². The van der Waals surface area contributed by atoms with Crippen molar-refractivity contribution in [1.82, 2.24) is 25.3 Å². The van der Waals surface area contributed by atoms with Crippen LogP contribution < -0.4 is 10.6 Å². The van der Waals surface area contributed by atoms with Gasteiger partial charge in [0, 0.05) is 31.8 Å². The lowest BCUT2D eigenvalue weighted by Gasteiger charge is -2.41. The summed E-state index contributed by atoms with van der Waals surface area (Å²) in [7, 11) is 1.76. The van der Waals surface area contributed by atoms with E-state index in [4.69, 9.17) is 0 Å². The topological polar surface area (TPSA) is 102 Å². The third-order valence-corrected chi connectivity index (χ3v) is 9.78. The third-order valence-electron chi connectivity index (χ3n) is 9.78. The Bertz CT molecular complexity index is 1210. The SMILES string of the molecule is CC(C)=CCCC(C)=CCNC(=O)[C@@H]1CCCN1C(=O)C(C)=C[C@H](C(C)C)N(C)C(=O)[C@@H](NC(=O)[C@H]1CCCCN1C(C)C)C(C)(C)C. The van der Waals surface area contributed by atoms with E-state index in [9.17, 15) is 19.2 Å². The molecule has 2 N–H and O–H groups in total. The zero-order valence-corrected chi connectivity index (χ0v) is 32.2. The van der Waals surface area contributed by atoms with Crippen molar-refractivity contribution in [2.24, 2.45) is 11.3 Å². The van der Waals surface area contributed by atoms with Crippen molar-refractivity contribution in [2.75, 3.05) is 26.7 Å². The van der Waals surface area contributed by atoms with Gasteiger partial charge in [0.1, 0.15) is 12.1 Å². The predicted molar refractivity (Wildman–Crippen MR) is 196 cm³/mol. The molecule has 0 spiro atoms. The summed E-state index contributed by atoms with van der Waals surface area (Å²) in [6.07, 6.45) is 12.3. The molecule has 0 unspecified atom stereocenters. The summed E-state index contributed by atoms with van der Waals surface area (Å²) in [6.45, 7) is 24.1. The fourth-order valence-corrected chi connectivity index (χ4v) is 6.81. The molecule has 4 amide bonds. The minimum atomic E-state index is -0.729. The van der Waals surface area contributed by atoms with E-state index in [2.05, 4.69) is 56.2 Å². The number of likely N-dealkylation sites (N-methyl/N-ethyl adjacent to an activating group) is 1. The van der Waals surface area contributed by atoms with Crippen molar-refractivity contribution in [2.45, 2.75) is 151 Å². The van der Waals surface area contributed by atoms with E-state index >= 15 is 0 Å². The lowest BCUT2D eigenvalue weighted by Crippen LogP contribution is -2.60. The molecule has 0 aromatic rings. The molecule has 0 aromatic carbocycles. The molecule has 2 aliphatic rings. The van der Waals surface area contributed by atoms with Crippen molar-refractivity contribution in [3.05, 3.63) is 34.9 Å². The molecule has 48 heavy (non-hydrogen) atoms. The standard InChI is InChI=1S/C39H67N5O4/c1-26(2)17-15-18-29(7)21-22-40-35(45)31-20-16-24-44(31)37(47)30(8)25-33(27(3)4)42(12)38(48)34(39(9,10)11)41-36(46)32-19-13-14-23-43(32)28(5)6/h17,21,25,27-28,31-34H,13-16,18-20,22-24H2,1-12H3,(H,40,45)(H,41,46)/t31-,32+,33+,34+/m0/s1. The van der Waals surface area contributed by atoms with Crippen LogP contribution in [0.4, 0.5) is 0 Å². The molecule has 272 valence electrons. The average molecular weight is 670 g/mol. The van der Waals surface area contributed by atoms with Gasteiger partial charge in [-0.15, -0.1) is 0 Å². The van der Waals surface area contributed by atoms with Crippen LogP contribution in [0.25, 0.3) is 0 Å². The molecule has 2 saturated heterocycles. The van der Waals surface area contributed by atoms with Gasteiger partial charge in [-0.25, -0.2) is 0 Å². The molecular formula is C39H67N5O4. The highest BCUT2D eigenvalue weighted by atomic mass is 16.2. The summed E-state index contributed by atoms with van der Waals surface area (Å²) >= 11 is 0. The Morgan fingerprint density at radius 2 is 1.52 bits per heavy atom. The smallest absolute Gasteiger partial charge is 0.249 e. The number of allylic oxidation sites excluding steroid dienone is 3. The Hall–Kier alpha value is -2.94. The molecule has 9 heteroatoms. The summed E-state index contributed by atoms with van der Waals surface area (Å²) in [6, 6.07) is -1.62. The van der Waals surface area contributed by atoms with Crippen LogP contribution >= 0.6 is 0 Å². The first kappa shape index (κ1) is 41.2. The minimum Gasteiger partial charge on any atom is -0.351 e. The van der Waals surface area contributed by atoms with Gasteiger partial charge in [-0.05, 0) is 97.9 Å². The second-order valence-electron chi connectivity index (χ2n) is 16.0. The van der Waals surface area contributed by atoms with Gasteiger partial charge in [-0.3, -0.25) is 24.1 Å². The highest BCUT2D eigenvalue weighted by molar-refractivity contribution is 5.97. The van der Waals surface area contributed by atoms with E-state index in [1.165, 1.54) is 11.1 Å². The molecule has 0 bridgehead atoms. The maximum absolute atomic E-state index is 14.2. The van der Waals surface area contributed by atoms with Crippen LogP contribution in [-0.4, -0.2) is 95.2 Å². The van der Waals surface area contributed by atoms with Gasteiger partial charge < -0.3 is 20.4 Å². The molecule has 2 rings (SSSR count). The number of nitrogens with zero attached hydrogens (tertiary/aromatic N) is 3. The number of hydrogen-bond donors (Lipinski definition) is 2. The van der Waals surface area contributed by atoms with Gasteiger partial charge in [0.25, 0.3) is 0 Å². The Balaban J connectivity index is 2.17. The van der Waals surface area contributed by atoms with E-state index in [0.29, 0.717) is 25.1 Å². The molecule has 4 atom stereocenters. The van der Waals surface area contributed by atoms with Crippen LogP contribution in [0.15, 0.2) is 34.9 Å². The normalized spacial score (nSPS) is 20.8. The van der Waals surface area contributed by atoms with E-state index in [0.717, 1.165) is 45.1 Å². The van der Waals surface area contributed by atoms with Gasteiger partial charge in [0.05, 0.1) is 12.1 Å². The van der Waals surface area contributed by atoms with Crippen LogP contribution in [0.3, 0.4) is 0 Å². The molecular weight excluding hydrogens is 602 g/mol. The van der Waals surface area contributed by atoms with E-state index in [1.54, 1.807) is 23.8 Å². The fraction of sp³-hybridized carbons (Fsp3) is 0.744. The summed E-state index contributed by atoms with van der Waals surface area (Å²) in [5.41, 5.74) is 2.51. The van der Waals surface area contributed by atoms with Crippen LogP contribution in [0, 0.1) is 11.3 Å². The van der Waals surface area contributed by atoms with E-state index in [-0.39, 0.29) is 47.7 Å². The zero-order valence-electron chi connectivity index (χ0n) is 32.2. The maximum atomic E-state index is 14.2. The molecule has 0 saturated carbocycles. The highest BCUT2D eigenvalue weighted by Crippen LogP contribution is 2.27. The van der Waals surface area contributed by atoms with Crippen molar-refractivity contribution in [3.63, 3.8) is 0 Å². The number of rotatable bonds is 14.